The van der Waals surface area contributed by atoms with Crippen LogP contribution in [0.4, 0.5) is 0 Å². The minimum atomic E-state index is -0.129. The first-order chi connectivity index (χ1) is 7.75. The van der Waals surface area contributed by atoms with E-state index in [0.29, 0.717) is 11.6 Å². The Morgan fingerprint density at radius 3 is 3.00 bits per heavy atom. The SMILES string of the molecule is O=C(/C=C/c1ccccc1Cl)NC[C@H]1CO1. The van der Waals surface area contributed by atoms with Crippen molar-refractivity contribution in [2.45, 2.75) is 6.10 Å². The number of hydrogen-bond acceptors (Lipinski definition) is 2. The molecular formula is C12H12ClNO2. The van der Waals surface area contributed by atoms with E-state index in [1.807, 2.05) is 18.2 Å². The second kappa shape index (κ2) is 5.14. The second-order valence-electron chi connectivity index (χ2n) is 3.56. The number of rotatable bonds is 4. The van der Waals surface area contributed by atoms with Crippen molar-refractivity contribution in [1.82, 2.24) is 5.32 Å². The third-order valence-corrected chi connectivity index (χ3v) is 2.57. The summed E-state index contributed by atoms with van der Waals surface area (Å²) < 4.78 is 4.98. The van der Waals surface area contributed by atoms with Gasteiger partial charge in [0.2, 0.25) is 5.91 Å². The van der Waals surface area contributed by atoms with Crippen LogP contribution in [0.2, 0.25) is 5.02 Å². The van der Waals surface area contributed by atoms with Crippen LogP contribution in [0.15, 0.2) is 30.3 Å². The average molecular weight is 238 g/mol. The van der Waals surface area contributed by atoms with Crippen molar-refractivity contribution in [1.29, 1.82) is 0 Å². The number of nitrogens with one attached hydrogen (secondary N) is 1. The molecular weight excluding hydrogens is 226 g/mol. The van der Waals surface area contributed by atoms with Crippen LogP contribution >= 0.6 is 11.6 Å². The summed E-state index contributed by atoms with van der Waals surface area (Å²) in [6.07, 6.45) is 3.38. The van der Waals surface area contributed by atoms with Gasteiger partial charge < -0.3 is 10.1 Å². The number of carbonyl (C=O) groups excluding carboxylic acids is 1. The first-order valence-electron chi connectivity index (χ1n) is 5.08. The lowest BCUT2D eigenvalue weighted by molar-refractivity contribution is -0.116. The van der Waals surface area contributed by atoms with Gasteiger partial charge in [-0.3, -0.25) is 4.79 Å². The van der Waals surface area contributed by atoms with Crippen molar-refractivity contribution in [3.8, 4) is 0 Å². The molecule has 1 heterocycles. The zero-order chi connectivity index (χ0) is 11.4. The predicted octanol–water partition coefficient (Wildman–Crippen LogP) is 1.87. The highest BCUT2D eigenvalue weighted by molar-refractivity contribution is 6.32. The van der Waals surface area contributed by atoms with Crippen molar-refractivity contribution in [2.75, 3.05) is 13.2 Å². The van der Waals surface area contributed by atoms with Crippen LogP contribution in [0.5, 0.6) is 0 Å². The molecule has 1 N–H and O–H groups in total. The normalized spacial score (nSPS) is 18.7. The van der Waals surface area contributed by atoms with E-state index in [1.54, 1.807) is 12.1 Å². The molecule has 3 nitrogen and oxygen atoms in total. The number of epoxide rings is 1. The number of carbonyl (C=O) groups is 1. The smallest absolute Gasteiger partial charge is 0.244 e. The Morgan fingerprint density at radius 2 is 2.31 bits per heavy atom. The van der Waals surface area contributed by atoms with Crippen molar-refractivity contribution >= 4 is 23.6 Å². The van der Waals surface area contributed by atoms with Crippen LogP contribution in [0.25, 0.3) is 6.08 Å². The largest absolute Gasteiger partial charge is 0.371 e. The lowest BCUT2D eigenvalue weighted by atomic mass is 10.2. The Balaban J connectivity index is 1.87. The van der Waals surface area contributed by atoms with Crippen LogP contribution in [0.1, 0.15) is 5.56 Å². The Labute approximate surface area is 99.1 Å². The summed E-state index contributed by atoms with van der Waals surface area (Å²) in [5.74, 6) is -0.129. The number of ether oxygens (including phenoxy) is 1. The first kappa shape index (κ1) is 11.2. The maximum atomic E-state index is 11.4. The molecule has 16 heavy (non-hydrogen) atoms. The van der Waals surface area contributed by atoms with E-state index in [2.05, 4.69) is 5.32 Å². The summed E-state index contributed by atoms with van der Waals surface area (Å²) in [5, 5.41) is 3.38. The topological polar surface area (TPSA) is 41.6 Å². The molecule has 84 valence electrons. The van der Waals surface area contributed by atoms with Gasteiger partial charge in [-0.2, -0.15) is 0 Å². The van der Waals surface area contributed by atoms with Crippen LogP contribution in [0.3, 0.4) is 0 Å². The molecule has 0 unspecified atom stereocenters. The van der Waals surface area contributed by atoms with Gasteiger partial charge in [0.05, 0.1) is 12.7 Å². The lowest BCUT2D eigenvalue weighted by Gasteiger charge is -1.98. The Kier molecular flexibility index (Phi) is 3.59. The molecule has 1 aromatic carbocycles. The molecule has 4 heteroatoms. The Hall–Kier alpha value is -1.32. The molecule has 0 aromatic heterocycles. The van der Waals surface area contributed by atoms with Crippen LogP contribution in [0, 0.1) is 0 Å². The van der Waals surface area contributed by atoms with Gasteiger partial charge in [-0.05, 0) is 17.7 Å². The third-order valence-electron chi connectivity index (χ3n) is 2.23. The van der Waals surface area contributed by atoms with Crippen molar-refractivity contribution in [3.63, 3.8) is 0 Å². The molecule has 0 saturated carbocycles. The molecule has 1 aliphatic heterocycles. The highest BCUT2D eigenvalue weighted by atomic mass is 35.5. The van der Waals surface area contributed by atoms with Crippen LogP contribution in [-0.2, 0) is 9.53 Å². The highest BCUT2D eigenvalue weighted by Crippen LogP contribution is 2.16. The molecule has 0 radical (unpaired) electrons. The number of halogens is 1. The minimum Gasteiger partial charge on any atom is -0.371 e. The zero-order valence-electron chi connectivity index (χ0n) is 8.65. The summed E-state index contributed by atoms with van der Waals surface area (Å²) in [7, 11) is 0. The molecule has 2 rings (SSSR count). The summed E-state index contributed by atoms with van der Waals surface area (Å²) in [4.78, 5) is 11.4. The van der Waals surface area contributed by atoms with E-state index >= 15 is 0 Å². The number of benzene rings is 1. The van der Waals surface area contributed by atoms with E-state index in [1.165, 1.54) is 6.08 Å². The molecule has 1 aliphatic rings. The molecule has 1 atom stereocenters. The van der Waals surface area contributed by atoms with Crippen molar-refractivity contribution < 1.29 is 9.53 Å². The minimum absolute atomic E-state index is 0.129. The van der Waals surface area contributed by atoms with Gasteiger partial charge in [0, 0.05) is 17.6 Å². The van der Waals surface area contributed by atoms with Crippen molar-refractivity contribution in [3.05, 3.63) is 40.9 Å². The maximum Gasteiger partial charge on any atom is 0.244 e. The summed E-state index contributed by atoms with van der Waals surface area (Å²) in [6.45, 7) is 1.32. The third kappa shape index (κ3) is 3.36. The molecule has 1 fully saturated rings. The number of hydrogen-bond donors (Lipinski definition) is 1. The van der Waals surface area contributed by atoms with Gasteiger partial charge in [-0.25, -0.2) is 0 Å². The summed E-state index contributed by atoms with van der Waals surface area (Å²) in [5.41, 5.74) is 0.835. The van der Waals surface area contributed by atoms with E-state index in [0.717, 1.165) is 12.2 Å². The van der Waals surface area contributed by atoms with Gasteiger partial charge in [-0.15, -0.1) is 0 Å². The highest BCUT2D eigenvalue weighted by Gasteiger charge is 2.22. The van der Waals surface area contributed by atoms with Crippen LogP contribution < -0.4 is 5.32 Å². The lowest BCUT2D eigenvalue weighted by Crippen LogP contribution is -2.25. The predicted molar refractivity (Wildman–Crippen MR) is 63.2 cm³/mol. The van der Waals surface area contributed by atoms with Crippen molar-refractivity contribution in [2.24, 2.45) is 0 Å². The molecule has 0 bridgehead atoms. The molecule has 1 saturated heterocycles. The first-order valence-corrected chi connectivity index (χ1v) is 5.45. The molecule has 0 aliphatic carbocycles. The van der Waals surface area contributed by atoms with E-state index in [4.69, 9.17) is 16.3 Å². The van der Waals surface area contributed by atoms with E-state index in [-0.39, 0.29) is 12.0 Å². The molecule has 0 spiro atoms. The van der Waals surface area contributed by atoms with Gasteiger partial charge >= 0.3 is 0 Å². The van der Waals surface area contributed by atoms with E-state index in [9.17, 15) is 4.79 Å². The van der Waals surface area contributed by atoms with Gasteiger partial charge in [-0.1, -0.05) is 29.8 Å². The average Bonchev–Trinajstić information content (AvgIpc) is 3.09. The fourth-order valence-corrected chi connectivity index (χ4v) is 1.43. The standard InChI is InChI=1S/C12H12ClNO2/c13-11-4-2-1-3-9(11)5-6-12(15)14-7-10-8-16-10/h1-6,10H,7-8H2,(H,14,15)/b6-5+/t10-/m0/s1. The van der Waals surface area contributed by atoms with Gasteiger partial charge in [0.15, 0.2) is 0 Å². The molecule has 1 aromatic rings. The van der Waals surface area contributed by atoms with Gasteiger partial charge in [0.1, 0.15) is 0 Å². The van der Waals surface area contributed by atoms with Crippen LogP contribution in [-0.4, -0.2) is 25.2 Å². The quantitative estimate of drug-likeness (QED) is 0.642. The molecule has 1 amide bonds. The second-order valence-corrected chi connectivity index (χ2v) is 3.96. The van der Waals surface area contributed by atoms with E-state index < -0.39 is 0 Å². The number of amides is 1. The summed E-state index contributed by atoms with van der Waals surface area (Å²) >= 11 is 5.94. The zero-order valence-corrected chi connectivity index (χ0v) is 9.41. The fourth-order valence-electron chi connectivity index (χ4n) is 1.23. The monoisotopic (exact) mass is 237 g/mol. The Bertz CT molecular complexity index is 413. The Morgan fingerprint density at radius 1 is 1.56 bits per heavy atom. The summed E-state index contributed by atoms with van der Waals surface area (Å²) in [6, 6.07) is 7.37. The maximum absolute atomic E-state index is 11.4. The fraction of sp³-hybridized carbons (Fsp3) is 0.250. The van der Waals surface area contributed by atoms with Gasteiger partial charge in [0.25, 0.3) is 0 Å².